The van der Waals surface area contributed by atoms with E-state index in [-0.39, 0.29) is 12.0 Å². The number of nitrogens with zero attached hydrogens (tertiary/aromatic N) is 3. The Balaban J connectivity index is 0.999. The van der Waals surface area contributed by atoms with Gasteiger partial charge in [-0.15, -0.1) is 0 Å². The average molecular weight is 798 g/mol. The molecule has 0 spiro atoms. The number of ether oxygens (including phenoxy) is 1. The Hall–Kier alpha value is -7.63. The van der Waals surface area contributed by atoms with Crippen LogP contribution in [0.3, 0.4) is 0 Å². The number of fused-ring (bicyclic) bond motifs is 9. The summed E-state index contributed by atoms with van der Waals surface area (Å²) in [7, 11) is 0. The van der Waals surface area contributed by atoms with Gasteiger partial charge in [0.1, 0.15) is 23.0 Å². The van der Waals surface area contributed by atoms with Crippen LogP contribution in [0.15, 0.2) is 174 Å². The smallest absolute Gasteiger partial charge is 0.164 e. The van der Waals surface area contributed by atoms with Gasteiger partial charge in [0.05, 0.1) is 0 Å². The van der Waals surface area contributed by atoms with E-state index in [1.165, 1.54) is 44.0 Å². The topological polar surface area (TPSA) is 61.0 Å². The van der Waals surface area contributed by atoms with Crippen molar-refractivity contribution in [2.45, 2.75) is 37.7 Å². The van der Waals surface area contributed by atoms with Crippen molar-refractivity contribution in [2.75, 3.05) is 0 Å². The molecule has 13 rings (SSSR count). The molecular weight excluding hydrogens is 759 g/mol. The van der Waals surface area contributed by atoms with Crippen molar-refractivity contribution >= 4 is 49.6 Å². The van der Waals surface area contributed by atoms with Crippen molar-refractivity contribution in [3.63, 3.8) is 0 Å². The van der Waals surface area contributed by atoms with E-state index in [1.54, 1.807) is 0 Å². The summed E-state index contributed by atoms with van der Waals surface area (Å²) in [6, 6.07) is 53.9. The molecule has 0 saturated heterocycles. The second-order valence-corrected chi connectivity index (χ2v) is 16.8. The summed E-state index contributed by atoms with van der Waals surface area (Å²) in [6.07, 6.45) is 13.0. The van der Waals surface area contributed by atoms with Crippen molar-refractivity contribution in [2.24, 2.45) is 0 Å². The standard InChI is InChI=1S/C57H39N3O2/c1-2-15-36-33-37(30-29-34(36)13-1)55-58-56(60-57(59-55)48-25-12-27-50-53(48)46-20-7-8-26-49(46)61-50)45-32-31-42(40-18-5-6-19-41(40)45)43-22-11-28-51-52(43)47-24-10-23-44(54(47)62-51)39-21-9-16-35-14-3-4-17-38(35)39/h1-4,6,8-17,19,21-33,46,49H,5,7,18,20H2. The highest BCUT2D eigenvalue weighted by Gasteiger charge is 2.37. The van der Waals surface area contributed by atoms with E-state index in [2.05, 4.69) is 176 Å². The Morgan fingerprint density at radius 1 is 0.516 bits per heavy atom. The SMILES string of the molecule is C1=Cc2c(-c3nc(-c4ccc5ccccc5c4)nc(-c4cccc5c4C4CCC=CC4O5)n3)ccc(-c3cccc4oc5c(-c6cccc7ccccc67)cccc5c34)c2CC1. The minimum Gasteiger partial charge on any atom is -0.485 e. The lowest BCUT2D eigenvalue weighted by atomic mass is 9.84. The summed E-state index contributed by atoms with van der Waals surface area (Å²) < 4.78 is 13.3. The summed E-state index contributed by atoms with van der Waals surface area (Å²) in [5.74, 6) is 3.17. The van der Waals surface area contributed by atoms with Gasteiger partial charge in [-0.05, 0) is 105 Å². The quantitative estimate of drug-likeness (QED) is 0.162. The number of benzene rings is 8. The van der Waals surface area contributed by atoms with Crippen LogP contribution in [0.2, 0.25) is 0 Å². The third-order valence-electron chi connectivity index (χ3n) is 13.3. The maximum atomic E-state index is 6.83. The molecular formula is C57H39N3O2. The summed E-state index contributed by atoms with van der Waals surface area (Å²) in [5.41, 5.74) is 13.0. The molecule has 8 aromatic carbocycles. The van der Waals surface area contributed by atoms with E-state index < -0.39 is 0 Å². The summed E-state index contributed by atoms with van der Waals surface area (Å²) in [4.78, 5) is 16.0. The van der Waals surface area contributed by atoms with Gasteiger partial charge in [0, 0.05) is 44.5 Å². The Kier molecular flexibility index (Phi) is 7.92. The molecule has 0 amide bonds. The molecule has 3 heterocycles. The number of allylic oxidation sites excluding steroid dienone is 2. The zero-order valence-corrected chi connectivity index (χ0v) is 33.9. The Labute approximate surface area is 358 Å². The molecule has 2 aromatic heterocycles. The van der Waals surface area contributed by atoms with E-state index in [0.29, 0.717) is 17.5 Å². The largest absolute Gasteiger partial charge is 0.485 e. The number of furan rings is 1. The van der Waals surface area contributed by atoms with Crippen LogP contribution in [-0.4, -0.2) is 21.1 Å². The fraction of sp³-hybridized carbons (Fsp3) is 0.105. The van der Waals surface area contributed by atoms with Gasteiger partial charge >= 0.3 is 0 Å². The molecule has 3 aliphatic rings. The summed E-state index contributed by atoms with van der Waals surface area (Å²) in [6.45, 7) is 0. The van der Waals surface area contributed by atoms with Crippen molar-refractivity contribution in [3.8, 4) is 62.2 Å². The first-order valence-corrected chi connectivity index (χ1v) is 21.7. The molecule has 2 atom stereocenters. The van der Waals surface area contributed by atoms with Crippen molar-refractivity contribution < 1.29 is 9.15 Å². The number of aromatic nitrogens is 3. The Morgan fingerprint density at radius 2 is 1.24 bits per heavy atom. The van der Waals surface area contributed by atoms with Gasteiger partial charge in [0.2, 0.25) is 0 Å². The fourth-order valence-electron chi connectivity index (χ4n) is 10.4. The van der Waals surface area contributed by atoms with Crippen LogP contribution in [0.1, 0.15) is 41.9 Å². The second kappa shape index (κ2) is 14.0. The molecule has 5 nitrogen and oxygen atoms in total. The van der Waals surface area contributed by atoms with Crippen LogP contribution in [0.25, 0.3) is 106 Å². The normalized spacial score (nSPS) is 16.5. The molecule has 62 heavy (non-hydrogen) atoms. The van der Waals surface area contributed by atoms with Gasteiger partial charge in [-0.25, -0.2) is 15.0 Å². The van der Waals surface area contributed by atoms with Gasteiger partial charge in [-0.3, -0.25) is 0 Å². The van der Waals surface area contributed by atoms with Gasteiger partial charge < -0.3 is 9.15 Å². The number of hydrogen-bond acceptors (Lipinski definition) is 5. The Morgan fingerprint density at radius 3 is 2.19 bits per heavy atom. The summed E-state index contributed by atoms with van der Waals surface area (Å²) in [5, 5.41) is 7.00. The zero-order chi connectivity index (χ0) is 40.7. The third kappa shape index (κ3) is 5.51. The van der Waals surface area contributed by atoms with Crippen LogP contribution < -0.4 is 4.74 Å². The van der Waals surface area contributed by atoms with Crippen LogP contribution in [0, 0.1) is 0 Å². The molecule has 0 radical (unpaired) electrons. The third-order valence-corrected chi connectivity index (χ3v) is 13.3. The molecule has 5 heteroatoms. The predicted octanol–water partition coefficient (Wildman–Crippen LogP) is 14.6. The Bertz CT molecular complexity index is 3540. The van der Waals surface area contributed by atoms with E-state index in [0.717, 1.165) is 86.6 Å². The average Bonchev–Trinajstić information content (AvgIpc) is 3.92. The van der Waals surface area contributed by atoms with E-state index in [1.807, 2.05) is 0 Å². The molecule has 294 valence electrons. The van der Waals surface area contributed by atoms with E-state index >= 15 is 0 Å². The highest BCUT2D eigenvalue weighted by molar-refractivity contribution is 6.17. The monoisotopic (exact) mass is 797 g/mol. The number of hydrogen-bond donors (Lipinski definition) is 0. The maximum absolute atomic E-state index is 6.83. The highest BCUT2D eigenvalue weighted by atomic mass is 16.5. The van der Waals surface area contributed by atoms with Crippen molar-refractivity contribution in [3.05, 3.63) is 187 Å². The molecule has 1 aliphatic heterocycles. The van der Waals surface area contributed by atoms with Gasteiger partial charge in [-0.1, -0.05) is 146 Å². The molecule has 2 aliphatic carbocycles. The first kappa shape index (κ1) is 35.2. The lowest BCUT2D eigenvalue weighted by molar-refractivity contribution is 0.244. The highest BCUT2D eigenvalue weighted by Crippen LogP contribution is 2.49. The maximum Gasteiger partial charge on any atom is 0.164 e. The van der Waals surface area contributed by atoms with Crippen molar-refractivity contribution in [1.29, 1.82) is 0 Å². The molecule has 0 N–H and O–H groups in total. The first-order valence-electron chi connectivity index (χ1n) is 21.7. The van der Waals surface area contributed by atoms with Gasteiger partial charge in [0.25, 0.3) is 0 Å². The molecule has 10 aromatic rings. The molecule has 0 saturated carbocycles. The van der Waals surface area contributed by atoms with Crippen LogP contribution in [0.4, 0.5) is 0 Å². The molecule has 0 bridgehead atoms. The van der Waals surface area contributed by atoms with Gasteiger partial charge in [-0.2, -0.15) is 0 Å². The minimum atomic E-state index is 0.0347. The first-order chi connectivity index (χ1) is 30.7. The molecule has 0 fully saturated rings. The lowest BCUT2D eigenvalue weighted by Crippen LogP contribution is -2.18. The minimum absolute atomic E-state index is 0.0347. The number of rotatable bonds is 5. The number of para-hydroxylation sites is 1. The lowest BCUT2D eigenvalue weighted by Gasteiger charge is -2.21. The summed E-state index contributed by atoms with van der Waals surface area (Å²) >= 11 is 0. The predicted molar refractivity (Wildman–Crippen MR) is 252 cm³/mol. The van der Waals surface area contributed by atoms with Crippen LogP contribution >= 0.6 is 0 Å². The van der Waals surface area contributed by atoms with Crippen LogP contribution in [0.5, 0.6) is 5.75 Å². The van der Waals surface area contributed by atoms with Gasteiger partial charge in [0.15, 0.2) is 17.5 Å². The van der Waals surface area contributed by atoms with Crippen LogP contribution in [-0.2, 0) is 6.42 Å². The van der Waals surface area contributed by atoms with Crippen molar-refractivity contribution in [1.82, 2.24) is 15.0 Å². The zero-order valence-electron chi connectivity index (χ0n) is 33.9. The van der Waals surface area contributed by atoms with E-state index in [9.17, 15) is 0 Å². The van der Waals surface area contributed by atoms with E-state index in [4.69, 9.17) is 24.1 Å². The molecule has 2 unspecified atom stereocenters. The fourth-order valence-corrected chi connectivity index (χ4v) is 10.4. The second-order valence-electron chi connectivity index (χ2n) is 16.8.